The predicted octanol–water partition coefficient (Wildman–Crippen LogP) is 1.90. The van der Waals surface area contributed by atoms with E-state index in [2.05, 4.69) is 21.6 Å². The second-order valence-electron chi connectivity index (χ2n) is 5.23. The molecule has 0 spiro atoms. The summed E-state index contributed by atoms with van der Waals surface area (Å²) in [5.41, 5.74) is 0. The third-order valence-corrected chi connectivity index (χ3v) is 5.13. The van der Waals surface area contributed by atoms with Gasteiger partial charge in [0.25, 0.3) is 10.0 Å². The molecule has 18 heavy (non-hydrogen) atoms. The largest absolute Gasteiger partial charge is 0.335 e. The third kappa shape index (κ3) is 3.55. The van der Waals surface area contributed by atoms with Crippen molar-refractivity contribution in [3.8, 4) is 0 Å². The van der Waals surface area contributed by atoms with Crippen molar-refractivity contribution >= 4 is 10.0 Å². The molecule has 2 rings (SSSR count). The van der Waals surface area contributed by atoms with Crippen molar-refractivity contribution < 1.29 is 8.42 Å². The molecule has 0 saturated heterocycles. The smallest absolute Gasteiger partial charge is 0.257 e. The zero-order valence-electron chi connectivity index (χ0n) is 10.7. The van der Waals surface area contributed by atoms with Gasteiger partial charge in [0.15, 0.2) is 5.03 Å². The van der Waals surface area contributed by atoms with E-state index in [9.17, 15) is 8.42 Å². The topological polar surface area (TPSA) is 74.8 Å². The molecule has 0 radical (unpaired) electrons. The number of aromatic amines is 1. The van der Waals surface area contributed by atoms with Gasteiger partial charge in [0.2, 0.25) is 0 Å². The van der Waals surface area contributed by atoms with Gasteiger partial charge in [-0.05, 0) is 18.3 Å². The summed E-state index contributed by atoms with van der Waals surface area (Å²) in [5.74, 6) is 1.51. The zero-order chi connectivity index (χ0) is 13.0. The summed E-state index contributed by atoms with van der Waals surface area (Å²) in [7, 11) is -3.40. The number of hydrogen-bond donors (Lipinski definition) is 2. The number of hydrogen-bond acceptors (Lipinski definition) is 3. The van der Waals surface area contributed by atoms with Crippen molar-refractivity contribution in [2.75, 3.05) is 6.54 Å². The van der Waals surface area contributed by atoms with Crippen molar-refractivity contribution in [1.82, 2.24) is 14.7 Å². The molecular weight excluding hydrogens is 250 g/mol. The van der Waals surface area contributed by atoms with Crippen LogP contribution in [0.2, 0.25) is 0 Å². The zero-order valence-corrected chi connectivity index (χ0v) is 11.5. The number of imidazole rings is 1. The molecule has 2 N–H and O–H groups in total. The lowest BCUT2D eigenvalue weighted by molar-refractivity contribution is 0.278. The van der Waals surface area contributed by atoms with Crippen molar-refractivity contribution in [1.29, 1.82) is 0 Å². The second kappa shape index (κ2) is 5.84. The molecule has 5 nitrogen and oxygen atoms in total. The van der Waals surface area contributed by atoms with E-state index in [1.165, 1.54) is 38.2 Å². The van der Waals surface area contributed by atoms with Crippen molar-refractivity contribution in [2.24, 2.45) is 11.8 Å². The molecule has 0 unspecified atom stereocenters. The Morgan fingerprint density at radius 2 is 2.11 bits per heavy atom. The summed E-state index contributed by atoms with van der Waals surface area (Å²) >= 11 is 0. The molecule has 1 aromatic heterocycles. The van der Waals surface area contributed by atoms with Crippen LogP contribution in [0.3, 0.4) is 0 Å². The highest BCUT2D eigenvalue weighted by Crippen LogP contribution is 2.29. The van der Waals surface area contributed by atoms with E-state index in [0.717, 1.165) is 12.3 Å². The average molecular weight is 271 g/mol. The Morgan fingerprint density at radius 1 is 1.39 bits per heavy atom. The lowest BCUT2D eigenvalue weighted by Gasteiger charge is -2.25. The molecule has 0 atom stereocenters. The molecule has 1 aromatic rings. The van der Waals surface area contributed by atoms with Gasteiger partial charge in [-0.3, -0.25) is 0 Å². The van der Waals surface area contributed by atoms with Gasteiger partial charge in [-0.25, -0.2) is 18.1 Å². The van der Waals surface area contributed by atoms with Gasteiger partial charge in [-0.2, -0.15) is 0 Å². The normalized spacial score (nSPS) is 25.2. The van der Waals surface area contributed by atoms with E-state index in [4.69, 9.17) is 0 Å². The van der Waals surface area contributed by atoms with Crippen LogP contribution in [-0.2, 0) is 10.0 Å². The highest BCUT2D eigenvalue weighted by Gasteiger charge is 2.19. The molecule has 0 amide bonds. The van der Waals surface area contributed by atoms with E-state index >= 15 is 0 Å². The quantitative estimate of drug-likeness (QED) is 0.859. The summed E-state index contributed by atoms with van der Waals surface area (Å²) < 4.78 is 26.2. The van der Waals surface area contributed by atoms with Crippen LogP contribution in [0.15, 0.2) is 17.6 Å². The molecule has 1 aliphatic carbocycles. The van der Waals surface area contributed by atoms with Gasteiger partial charge in [0.05, 0.1) is 12.5 Å². The molecule has 1 heterocycles. The summed E-state index contributed by atoms with van der Waals surface area (Å²) in [6.45, 7) is 2.80. The van der Waals surface area contributed by atoms with Gasteiger partial charge in [-0.1, -0.05) is 32.6 Å². The summed E-state index contributed by atoms with van der Waals surface area (Å²) in [6.07, 6.45) is 8.64. The predicted molar refractivity (Wildman–Crippen MR) is 69.5 cm³/mol. The van der Waals surface area contributed by atoms with Gasteiger partial charge in [0.1, 0.15) is 0 Å². The van der Waals surface area contributed by atoms with Crippen LogP contribution >= 0.6 is 0 Å². The Balaban J connectivity index is 1.75. The molecular formula is C12H21N3O2S. The Bertz CT molecular complexity index is 448. The number of aromatic nitrogens is 2. The molecule has 0 aromatic carbocycles. The van der Waals surface area contributed by atoms with E-state index in [0.29, 0.717) is 12.5 Å². The highest BCUT2D eigenvalue weighted by molar-refractivity contribution is 7.89. The first kappa shape index (κ1) is 13.5. The summed E-state index contributed by atoms with van der Waals surface area (Å²) in [6, 6.07) is 0. The van der Waals surface area contributed by atoms with E-state index in [-0.39, 0.29) is 5.03 Å². The van der Waals surface area contributed by atoms with Crippen LogP contribution in [0.4, 0.5) is 0 Å². The van der Waals surface area contributed by atoms with Gasteiger partial charge >= 0.3 is 0 Å². The minimum atomic E-state index is -3.40. The van der Waals surface area contributed by atoms with Crippen molar-refractivity contribution in [3.05, 3.63) is 12.5 Å². The summed E-state index contributed by atoms with van der Waals surface area (Å²) in [5, 5.41) is 0.139. The lowest BCUT2D eigenvalue weighted by Crippen LogP contribution is -2.27. The Kier molecular flexibility index (Phi) is 4.40. The second-order valence-corrected chi connectivity index (χ2v) is 6.96. The van der Waals surface area contributed by atoms with E-state index < -0.39 is 10.0 Å². The first-order chi connectivity index (χ1) is 8.58. The van der Waals surface area contributed by atoms with Gasteiger partial charge < -0.3 is 4.98 Å². The molecule has 0 bridgehead atoms. The van der Waals surface area contributed by atoms with Gasteiger partial charge in [0, 0.05) is 6.54 Å². The number of nitrogens with zero attached hydrogens (tertiary/aromatic N) is 1. The fourth-order valence-electron chi connectivity index (χ4n) is 2.48. The van der Waals surface area contributed by atoms with Crippen molar-refractivity contribution in [3.63, 3.8) is 0 Å². The van der Waals surface area contributed by atoms with Crippen LogP contribution in [0.1, 0.15) is 39.0 Å². The molecule has 1 saturated carbocycles. The Hall–Kier alpha value is -0.880. The number of rotatable bonds is 5. The van der Waals surface area contributed by atoms with E-state index in [1.807, 2.05) is 0 Å². The van der Waals surface area contributed by atoms with Crippen LogP contribution in [0, 0.1) is 11.8 Å². The SMILES string of the molecule is CC1CCC(CCNS(=O)(=O)c2cnc[nH]2)CC1. The minimum Gasteiger partial charge on any atom is -0.335 e. The molecule has 1 fully saturated rings. The van der Waals surface area contributed by atoms with Crippen molar-refractivity contribution in [2.45, 2.75) is 44.1 Å². The maximum absolute atomic E-state index is 11.8. The van der Waals surface area contributed by atoms with Crippen LogP contribution < -0.4 is 4.72 Å². The highest BCUT2D eigenvalue weighted by atomic mass is 32.2. The minimum absolute atomic E-state index is 0.139. The summed E-state index contributed by atoms with van der Waals surface area (Å²) in [4.78, 5) is 6.33. The molecule has 1 aliphatic rings. The first-order valence-corrected chi connectivity index (χ1v) is 8.04. The maximum Gasteiger partial charge on any atom is 0.257 e. The monoisotopic (exact) mass is 271 g/mol. The molecule has 0 aliphatic heterocycles. The van der Waals surface area contributed by atoms with Gasteiger partial charge in [-0.15, -0.1) is 0 Å². The average Bonchev–Trinajstić information content (AvgIpc) is 2.86. The first-order valence-electron chi connectivity index (χ1n) is 6.56. The number of nitrogens with one attached hydrogen (secondary N) is 2. The third-order valence-electron chi connectivity index (χ3n) is 3.74. The van der Waals surface area contributed by atoms with Crippen LogP contribution in [0.25, 0.3) is 0 Å². The number of sulfonamides is 1. The molecule has 102 valence electrons. The fraction of sp³-hybridized carbons (Fsp3) is 0.750. The maximum atomic E-state index is 11.8. The van der Waals surface area contributed by atoms with Crippen LogP contribution in [-0.4, -0.2) is 24.9 Å². The van der Waals surface area contributed by atoms with E-state index in [1.54, 1.807) is 0 Å². The molecule has 6 heteroatoms. The fourth-order valence-corrected chi connectivity index (χ4v) is 3.43. The Labute approximate surface area is 108 Å². The standard InChI is InChI=1S/C12H21N3O2S/c1-10-2-4-11(5-3-10)6-7-15-18(16,17)12-8-13-9-14-12/h8-11,15H,2-7H2,1H3,(H,13,14). The Morgan fingerprint density at radius 3 is 2.72 bits per heavy atom. The van der Waals surface area contributed by atoms with Crippen LogP contribution in [0.5, 0.6) is 0 Å². The number of H-pyrrole nitrogens is 1. The lowest BCUT2D eigenvalue weighted by atomic mass is 9.81.